The number of nitrogens with zero attached hydrogens (tertiary/aromatic N) is 1. The Kier molecular flexibility index (Phi) is 2.86. The lowest BCUT2D eigenvalue weighted by atomic mass is 9.87. The van der Waals surface area contributed by atoms with E-state index in [4.69, 9.17) is 0 Å². The molecule has 0 aliphatic carbocycles. The highest BCUT2D eigenvalue weighted by Gasteiger charge is 2.25. The first-order valence-electron chi connectivity index (χ1n) is 7.20. The lowest BCUT2D eigenvalue weighted by molar-refractivity contribution is 0.460. The van der Waals surface area contributed by atoms with Crippen molar-refractivity contribution in [1.29, 1.82) is 0 Å². The van der Waals surface area contributed by atoms with Crippen molar-refractivity contribution < 1.29 is 5.11 Å². The predicted octanol–water partition coefficient (Wildman–Crippen LogP) is 3.18. The Morgan fingerprint density at radius 3 is 2.81 bits per heavy atom. The lowest BCUT2D eigenvalue weighted by Gasteiger charge is -2.26. The largest absolute Gasteiger partial charge is 0.505 e. The molecule has 3 nitrogen and oxygen atoms in total. The molecular weight excluding hydrogens is 260 g/mol. The van der Waals surface area contributed by atoms with Crippen molar-refractivity contribution in [3.8, 4) is 5.75 Å². The highest BCUT2D eigenvalue weighted by atomic mass is 16.3. The van der Waals surface area contributed by atoms with Gasteiger partial charge in [0.1, 0.15) is 5.75 Å². The van der Waals surface area contributed by atoms with E-state index in [-0.39, 0.29) is 5.92 Å². The summed E-state index contributed by atoms with van der Waals surface area (Å²) in [5.41, 5.74) is 3.30. The smallest absolute Gasteiger partial charge is 0.145 e. The van der Waals surface area contributed by atoms with Crippen molar-refractivity contribution in [3.63, 3.8) is 0 Å². The van der Waals surface area contributed by atoms with Crippen LogP contribution in [-0.4, -0.2) is 16.6 Å². The highest BCUT2D eigenvalue weighted by Crippen LogP contribution is 2.36. The molecule has 21 heavy (non-hydrogen) atoms. The Labute approximate surface area is 123 Å². The zero-order valence-electron chi connectivity index (χ0n) is 11.6. The molecule has 4 rings (SSSR count). The van der Waals surface area contributed by atoms with Gasteiger partial charge in [-0.05, 0) is 11.1 Å². The summed E-state index contributed by atoms with van der Waals surface area (Å²) in [6, 6.07) is 16.2. The first kappa shape index (κ1) is 12.4. The van der Waals surface area contributed by atoms with Gasteiger partial charge in [-0.3, -0.25) is 4.98 Å². The Morgan fingerprint density at radius 2 is 1.86 bits per heavy atom. The minimum Gasteiger partial charge on any atom is -0.505 e. The topological polar surface area (TPSA) is 45.1 Å². The van der Waals surface area contributed by atoms with E-state index in [1.165, 1.54) is 11.1 Å². The molecule has 0 fully saturated rings. The molecule has 1 unspecified atom stereocenters. The predicted molar refractivity (Wildman–Crippen MR) is 83.4 cm³/mol. The highest BCUT2D eigenvalue weighted by molar-refractivity contribution is 5.88. The van der Waals surface area contributed by atoms with Crippen LogP contribution in [0.2, 0.25) is 0 Å². The molecule has 0 spiro atoms. The molecule has 2 N–H and O–H groups in total. The number of rotatable bonds is 1. The molecule has 0 bridgehead atoms. The molecule has 0 saturated carbocycles. The Bertz CT molecular complexity index is 813. The number of nitrogens with one attached hydrogen (secondary N) is 1. The average molecular weight is 276 g/mol. The maximum absolute atomic E-state index is 10.6. The van der Waals surface area contributed by atoms with E-state index in [0.29, 0.717) is 5.75 Å². The standard InChI is InChI=1S/C18H16N2O/c21-18-15-8-4-2-6-13(15)10-20-17(18)16-11-19-9-12-5-1-3-7-14(12)16/h1-8,10,16,19,21H,9,11H2. The second kappa shape index (κ2) is 4.86. The molecule has 104 valence electrons. The van der Waals surface area contributed by atoms with Crippen LogP contribution in [0.5, 0.6) is 5.75 Å². The summed E-state index contributed by atoms with van der Waals surface area (Å²) in [6.45, 7) is 1.68. The van der Waals surface area contributed by atoms with Crippen LogP contribution in [0.25, 0.3) is 10.8 Å². The van der Waals surface area contributed by atoms with Crippen LogP contribution >= 0.6 is 0 Å². The summed E-state index contributed by atoms with van der Waals surface area (Å²) in [5.74, 6) is 0.399. The van der Waals surface area contributed by atoms with Crippen molar-refractivity contribution in [1.82, 2.24) is 10.3 Å². The maximum atomic E-state index is 10.6. The monoisotopic (exact) mass is 276 g/mol. The van der Waals surface area contributed by atoms with Crippen molar-refractivity contribution in [2.75, 3.05) is 6.54 Å². The minimum absolute atomic E-state index is 0.0968. The van der Waals surface area contributed by atoms with Crippen LogP contribution in [0.15, 0.2) is 54.7 Å². The summed E-state index contributed by atoms with van der Waals surface area (Å²) in [4.78, 5) is 4.54. The van der Waals surface area contributed by atoms with Gasteiger partial charge in [0.05, 0.1) is 5.69 Å². The SMILES string of the molecule is Oc1c(C2CNCc3ccccc32)ncc2ccccc12. The first-order chi connectivity index (χ1) is 10.3. The number of aromatic hydroxyl groups is 1. The van der Waals surface area contributed by atoms with Gasteiger partial charge in [-0.2, -0.15) is 0 Å². The summed E-state index contributed by atoms with van der Waals surface area (Å²) in [6.07, 6.45) is 1.85. The van der Waals surface area contributed by atoms with Gasteiger partial charge in [-0.1, -0.05) is 48.5 Å². The van der Waals surface area contributed by atoms with Crippen molar-refractivity contribution >= 4 is 10.8 Å². The van der Waals surface area contributed by atoms with Crippen LogP contribution in [0.3, 0.4) is 0 Å². The van der Waals surface area contributed by atoms with E-state index in [1.54, 1.807) is 0 Å². The molecular formula is C18H16N2O. The van der Waals surface area contributed by atoms with Gasteiger partial charge in [0, 0.05) is 36.0 Å². The van der Waals surface area contributed by atoms with Gasteiger partial charge in [-0.15, -0.1) is 0 Å². The van der Waals surface area contributed by atoms with Gasteiger partial charge >= 0.3 is 0 Å². The van der Waals surface area contributed by atoms with E-state index < -0.39 is 0 Å². The third kappa shape index (κ3) is 1.98. The molecule has 0 amide bonds. The van der Waals surface area contributed by atoms with Crippen LogP contribution in [0.4, 0.5) is 0 Å². The number of aromatic nitrogens is 1. The fourth-order valence-corrected chi connectivity index (χ4v) is 3.16. The van der Waals surface area contributed by atoms with Gasteiger partial charge < -0.3 is 10.4 Å². The van der Waals surface area contributed by atoms with Crippen LogP contribution < -0.4 is 5.32 Å². The van der Waals surface area contributed by atoms with E-state index in [1.807, 2.05) is 30.5 Å². The van der Waals surface area contributed by atoms with E-state index in [0.717, 1.165) is 29.6 Å². The van der Waals surface area contributed by atoms with Crippen molar-refractivity contribution in [2.24, 2.45) is 0 Å². The fourth-order valence-electron chi connectivity index (χ4n) is 3.16. The maximum Gasteiger partial charge on any atom is 0.145 e. The second-order valence-corrected chi connectivity index (χ2v) is 5.46. The quantitative estimate of drug-likeness (QED) is 0.717. The molecule has 3 heteroatoms. The van der Waals surface area contributed by atoms with Gasteiger partial charge in [0.15, 0.2) is 0 Å². The Balaban J connectivity index is 1.90. The first-order valence-corrected chi connectivity index (χ1v) is 7.20. The number of hydrogen-bond donors (Lipinski definition) is 2. The summed E-state index contributed by atoms with van der Waals surface area (Å²) in [5, 5.41) is 15.9. The molecule has 1 atom stereocenters. The van der Waals surface area contributed by atoms with Crippen molar-refractivity contribution in [3.05, 3.63) is 71.5 Å². The zero-order valence-corrected chi connectivity index (χ0v) is 11.6. The molecule has 1 aromatic heterocycles. The third-order valence-electron chi connectivity index (χ3n) is 4.23. The Morgan fingerprint density at radius 1 is 1.05 bits per heavy atom. The second-order valence-electron chi connectivity index (χ2n) is 5.46. The third-order valence-corrected chi connectivity index (χ3v) is 4.23. The zero-order chi connectivity index (χ0) is 14.2. The minimum atomic E-state index is 0.0968. The normalized spacial score (nSPS) is 17.6. The Hall–Kier alpha value is -2.39. The summed E-state index contributed by atoms with van der Waals surface area (Å²) >= 11 is 0. The number of pyridine rings is 1. The van der Waals surface area contributed by atoms with Crippen LogP contribution in [0.1, 0.15) is 22.7 Å². The van der Waals surface area contributed by atoms with E-state index in [9.17, 15) is 5.11 Å². The number of benzene rings is 2. The van der Waals surface area contributed by atoms with Gasteiger partial charge in [0.25, 0.3) is 0 Å². The molecule has 3 aromatic rings. The number of fused-ring (bicyclic) bond motifs is 2. The molecule has 1 aliphatic heterocycles. The van der Waals surface area contributed by atoms with Crippen molar-refractivity contribution in [2.45, 2.75) is 12.5 Å². The van der Waals surface area contributed by atoms with E-state index in [2.05, 4.69) is 34.6 Å². The van der Waals surface area contributed by atoms with Gasteiger partial charge in [0.2, 0.25) is 0 Å². The average Bonchev–Trinajstić information content (AvgIpc) is 2.55. The van der Waals surface area contributed by atoms with E-state index >= 15 is 0 Å². The van der Waals surface area contributed by atoms with Crippen LogP contribution in [-0.2, 0) is 6.54 Å². The molecule has 2 heterocycles. The summed E-state index contributed by atoms with van der Waals surface area (Å²) < 4.78 is 0. The molecule has 0 saturated heterocycles. The fraction of sp³-hybridized carbons (Fsp3) is 0.167. The molecule has 1 aliphatic rings. The van der Waals surface area contributed by atoms with Crippen LogP contribution in [0, 0.1) is 0 Å². The number of hydrogen-bond acceptors (Lipinski definition) is 3. The summed E-state index contributed by atoms with van der Waals surface area (Å²) in [7, 11) is 0. The molecule has 0 radical (unpaired) electrons. The molecule has 2 aromatic carbocycles. The van der Waals surface area contributed by atoms with Gasteiger partial charge in [-0.25, -0.2) is 0 Å². The lowest BCUT2D eigenvalue weighted by Crippen LogP contribution is -2.29.